The first-order valence-electron chi connectivity index (χ1n) is 14.4. The lowest BCUT2D eigenvalue weighted by molar-refractivity contribution is 0.274. The maximum Gasteiger partial charge on any atom is 0.583 e. The van der Waals surface area contributed by atoms with Crippen LogP contribution >= 0.6 is 0 Å². The predicted molar refractivity (Wildman–Crippen MR) is 167 cm³/mol. The molecule has 9 heteroatoms. The van der Waals surface area contributed by atoms with Crippen molar-refractivity contribution >= 4 is 41.3 Å². The van der Waals surface area contributed by atoms with Crippen molar-refractivity contribution in [1.82, 2.24) is 0 Å². The molecule has 1 unspecified atom stereocenters. The van der Waals surface area contributed by atoms with Gasteiger partial charge in [-0.2, -0.15) is 0 Å². The first kappa shape index (κ1) is 28.0. The van der Waals surface area contributed by atoms with Crippen LogP contribution in [0.25, 0.3) is 22.1 Å². The second-order valence-corrected chi connectivity index (χ2v) is 12.3. The topological polar surface area (TPSA) is 87.3 Å². The van der Waals surface area contributed by atoms with Crippen LogP contribution in [0.15, 0.2) is 62.9 Å². The summed E-state index contributed by atoms with van der Waals surface area (Å²) in [7, 11) is -1.16. The van der Waals surface area contributed by atoms with Crippen molar-refractivity contribution in [3.63, 3.8) is 0 Å². The van der Waals surface area contributed by atoms with Crippen molar-refractivity contribution in [3.8, 4) is 11.1 Å². The first-order valence-corrected chi connectivity index (χ1v) is 14.4. The lowest BCUT2D eigenvalue weighted by Crippen LogP contribution is -2.38. The number of hydrogen-bond acceptors (Lipinski definition) is 7. The van der Waals surface area contributed by atoms with E-state index in [4.69, 9.17) is 9.17 Å². The van der Waals surface area contributed by atoms with Gasteiger partial charge in [0.05, 0.1) is 23.2 Å². The van der Waals surface area contributed by atoms with Gasteiger partial charge in [-0.05, 0) is 80.0 Å². The second-order valence-electron chi connectivity index (χ2n) is 12.3. The van der Waals surface area contributed by atoms with Crippen LogP contribution in [-0.4, -0.2) is 31.4 Å². The molecule has 0 bridgehead atoms. The van der Waals surface area contributed by atoms with E-state index in [1.807, 2.05) is 39.0 Å². The molecule has 1 fully saturated rings. The molecular formula is C33H35BFN3O4. The van der Waals surface area contributed by atoms with Gasteiger partial charge in [0, 0.05) is 35.4 Å². The van der Waals surface area contributed by atoms with Gasteiger partial charge in [0.15, 0.2) is 5.43 Å². The van der Waals surface area contributed by atoms with E-state index in [1.165, 1.54) is 12.3 Å². The van der Waals surface area contributed by atoms with E-state index in [0.717, 1.165) is 37.1 Å². The molecule has 1 aromatic heterocycles. The Bertz CT molecular complexity index is 1770. The van der Waals surface area contributed by atoms with Gasteiger partial charge in [-0.25, -0.2) is 4.39 Å². The molecule has 0 saturated carbocycles. The van der Waals surface area contributed by atoms with Crippen LogP contribution in [0, 0.1) is 25.1 Å². The summed E-state index contributed by atoms with van der Waals surface area (Å²) in [6.07, 6.45) is 3.55. The van der Waals surface area contributed by atoms with Crippen LogP contribution in [0.1, 0.15) is 61.9 Å². The molecule has 2 aliphatic heterocycles. The third kappa shape index (κ3) is 5.06. The Labute approximate surface area is 245 Å². The number of aryl methyl sites for hydroxylation is 1. The largest absolute Gasteiger partial charge is 0.583 e. The summed E-state index contributed by atoms with van der Waals surface area (Å²) in [6, 6.07) is 13.8. The molecule has 0 radical (unpaired) electrons. The molecule has 6 rings (SSSR count). The van der Waals surface area contributed by atoms with E-state index in [0.29, 0.717) is 50.3 Å². The average Bonchev–Trinajstić information content (AvgIpc) is 2.95. The Morgan fingerprint density at radius 2 is 1.88 bits per heavy atom. The van der Waals surface area contributed by atoms with E-state index >= 15 is 4.39 Å². The van der Waals surface area contributed by atoms with Crippen molar-refractivity contribution in [2.24, 2.45) is 10.6 Å². The highest BCUT2D eigenvalue weighted by atomic mass is 19.1. The Morgan fingerprint density at radius 3 is 2.64 bits per heavy atom. The first-order chi connectivity index (χ1) is 20.0. The number of rotatable bonds is 5. The number of oxime groups is 1. The van der Waals surface area contributed by atoms with Crippen molar-refractivity contribution in [2.45, 2.75) is 53.5 Å². The summed E-state index contributed by atoms with van der Waals surface area (Å²) in [5.74, 6) is 0.247. The van der Waals surface area contributed by atoms with Crippen molar-refractivity contribution in [3.05, 3.63) is 86.8 Å². The minimum Gasteiger partial charge on any atom is -0.440 e. The summed E-state index contributed by atoms with van der Waals surface area (Å²) < 4.78 is 26.9. The number of nitrogens with one attached hydrogen (secondary N) is 1. The second kappa shape index (κ2) is 10.6. The Kier molecular flexibility index (Phi) is 7.09. The van der Waals surface area contributed by atoms with Gasteiger partial charge in [0.1, 0.15) is 11.4 Å². The van der Waals surface area contributed by atoms with Crippen LogP contribution in [0.5, 0.6) is 0 Å². The Hall–Kier alpha value is -4.11. The van der Waals surface area contributed by atoms with Crippen molar-refractivity contribution in [2.75, 3.05) is 23.3 Å². The minimum absolute atomic E-state index is 0.0263. The zero-order valence-corrected chi connectivity index (χ0v) is 24.6. The molecular weight excluding hydrogens is 532 g/mol. The highest BCUT2D eigenvalue weighted by molar-refractivity contribution is 6.62. The molecule has 0 aliphatic carbocycles. The number of benzene rings is 3. The van der Waals surface area contributed by atoms with Crippen molar-refractivity contribution < 1.29 is 18.6 Å². The molecule has 2 N–H and O–H groups in total. The molecule has 216 valence electrons. The molecule has 4 aromatic rings. The van der Waals surface area contributed by atoms with E-state index < -0.39 is 7.12 Å². The molecule has 7 nitrogen and oxygen atoms in total. The molecule has 2 aliphatic rings. The summed E-state index contributed by atoms with van der Waals surface area (Å²) >= 11 is 0. The molecule has 1 saturated heterocycles. The Balaban J connectivity index is 1.40. The lowest BCUT2D eigenvalue weighted by atomic mass is 9.75. The van der Waals surface area contributed by atoms with Gasteiger partial charge < -0.3 is 24.4 Å². The van der Waals surface area contributed by atoms with Gasteiger partial charge in [0.2, 0.25) is 5.88 Å². The lowest BCUT2D eigenvalue weighted by Gasteiger charge is -2.37. The zero-order valence-electron chi connectivity index (χ0n) is 24.6. The van der Waals surface area contributed by atoms with Gasteiger partial charge in [0.25, 0.3) is 0 Å². The molecule has 0 spiro atoms. The summed E-state index contributed by atoms with van der Waals surface area (Å²) in [5.41, 5.74) is 6.03. The molecule has 0 amide bonds. The van der Waals surface area contributed by atoms with Crippen LogP contribution < -0.4 is 21.1 Å². The molecule has 3 aromatic carbocycles. The standard InChI is InChI=1S/C33H35BFN3O4/c1-19-15-24(31-25(16-19)30(39)20(2)32(41-31)38-13-11-33(4,5)12-14-38)21(3)37-28-8-6-7-27(35)29(28)22-9-10-26-23(17-22)18-36-42-34(26)40/h6-10,15-18,21,37,40H,11-14H2,1-5H3. The number of piperidine rings is 1. The van der Waals surface area contributed by atoms with Crippen LogP contribution in [0.2, 0.25) is 0 Å². The SMILES string of the molecule is Cc1cc(C(C)Nc2cccc(F)c2-c2ccc3c(c2)C=NOB3O)c2oc(N3CCC(C)(C)CC3)c(C)c(=O)c2c1. The van der Waals surface area contributed by atoms with E-state index in [2.05, 4.69) is 29.2 Å². The third-order valence-electron chi connectivity index (χ3n) is 8.62. The average molecular weight is 567 g/mol. The molecule has 3 heterocycles. The number of halogens is 1. The monoisotopic (exact) mass is 567 g/mol. The fraction of sp³-hybridized carbons (Fsp3) is 0.333. The van der Waals surface area contributed by atoms with Crippen LogP contribution in [-0.2, 0) is 4.76 Å². The maximum absolute atomic E-state index is 15.4. The third-order valence-corrected chi connectivity index (χ3v) is 8.62. The highest BCUT2D eigenvalue weighted by Crippen LogP contribution is 2.38. The van der Waals surface area contributed by atoms with Gasteiger partial charge >= 0.3 is 7.12 Å². The summed E-state index contributed by atoms with van der Waals surface area (Å²) in [5, 5.41) is 17.9. The summed E-state index contributed by atoms with van der Waals surface area (Å²) in [6.45, 7) is 12.0. The van der Waals surface area contributed by atoms with Crippen LogP contribution in [0.3, 0.4) is 0 Å². The van der Waals surface area contributed by atoms with E-state index in [9.17, 15) is 9.82 Å². The number of fused-ring (bicyclic) bond motifs is 2. The fourth-order valence-electron chi connectivity index (χ4n) is 6.01. The minimum atomic E-state index is -1.16. The maximum atomic E-state index is 15.4. The molecule has 42 heavy (non-hydrogen) atoms. The molecule has 1 atom stereocenters. The Morgan fingerprint density at radius 1 is 1.12 bits per heavy atom. The smallest absolute Gasteiger partial charge is 0.440 e. The summed E-state index contributed by atoms with van der Waals surface area (Å²) in [4.78, 5) is 15.8. The van der Waals surface area contributed by atoms with Gasteiger partial charge in [-0.1, -0.05) is 38.1 Å². The fourth-order valence-corrected chi connectivity index (χ4v) is 6.01. The zero-order chi connectivity index (χ0) is 29.8. The number of anilines is 2. The van der Waals surface area contributed by atoms with E-state index in [1.54, 1.807) is 24.3 Å². The quantitative estimate of drug-likeness (QED) is 0.285. The highest BCUT2D eigenvalue weighted by Gasteiger charge is 2.29. The number of nitrogens with zero attached hydrogens (tertiary/aromatic N) is 2. The van der Waals surface area contributed by atoms with Crippen LogP contribution in [0.4, 0.5) is 16.0 Å². The van der Waals surface area contributed by atoms with Crippen molar-refractivity contribution in [1.29, 1.82) is 0 Å². The normalized spacial score (nSPS) is 16.7. The van der Waals surface area contributed by atoms with E-state index in [-0.39, 0.29) is 22.7 Å². The van der Waals surface area contributed by atoms with Gasteiger partial charge in [-0.3, -0.25) is 4.79 Å². The van der Waals surface area contributed by atoms with Gasteiger partial charge in [-0.15, -0.1) is 5.16 Å². The number of hydrogen-bond donors (Lipinski definition) is 2. The predicted octanol–water partition coefficient (Wildman–Crippen LogP) is 6.07.